The van der Waals surface area contributed by atoms with E-state index in [1.165, 1.54) is 4.31 Å². The van der Waals surface area contributed by atoms with E-state index >= 15 is 0 Å². The van der Waals surface area contributed by atoms with Gasteiger partial charge in [-0.25, -0.2) is 8.42 Å². The fourth-order valence-corrected chi connectivity index (χ4v) is 5.24. The first kappa shape index (κ1) is 20.3. The van der Waals surface area contributed by atoms with Crippen molar-refractivity contribution in [2.45, 2.75) is 9.79 Å². The van der Waals surface area contributed by atoms with E-state index in [0.29, 0.717) is 51.9 Å². The highest BCUT2D eigenvalue weighted by Crippen LogP contribution is 2.34. The SMILES string of the molecule is O=S(=O)(c1ccc(OCCSc2ccc3c(c2)OCCO3)cc1)N1CCOCC1. The minimum Gasteiger partial charge on any atom is -0.493 e. The lowest BCUT2D eigenvalue weighted by Crippen LogP contribution is -2.40. The van der Waals surface area contributed by atoms with E-state index in [0.717, 1.165) is 22.1 Å². The highest BCUT2D eigenvalue weighted by molar-refractivity contribution is 7.99. The number of hydrogen-bond acceptors (Lipinski definition) is 7. The summed E-state index contributed by atoms with van der Waals surface area (Å²) in [6.45, 7) is 3.30. The molecule has 0 N–H and O–H groups in total. The maximum absolute atomic E-state index is 12.6. The van der Waals surface area contributed by atoms with Crippen LogP contribution in [0.1, 0.15) is 0 Å². The first-order valence-corrected chi connectivity index (χ1v) is 11.9. The van der Waals surface area contributed by atoms with E-state index < -0.39 is 10.0 Å². The largest absolute Gasteiger partial charge is 0.493 e. The van der Waals surface area contributed by atoms with Crippen LogP contribution in [0, 0.1) is 0 Å². The van der Waals surface area contributed by atoms with Crippen molar-refractivity contribution in [2.24, 2.45) is 0 Å². The maximum atomic E-state index is 12.6. The molecule has 2 aliphatic rings. The van der Waals surface area contributed by atoms with Gasteiger partial charge in [0, 0.05) is 23.7 Å². The fraction of sp³-hybridized carbons (Fsp3) is 0.400. The highest BCUT2D eigenvalue weighted by atomic mass is 32.2. The lowest BCUT2D eigenvalue weighted by molar-refractivity contribution is 0.0730. The van der Waals surface area contributed by atoms with Crippen LogP contribution in [0.4, 0.5) is 0 Å². The van der Waals surface area contributed by atoms with Gasteiger partial charge in [-0.1, -0.05) is 0 Å². The molecule has 2 aromatic carbocycles. The van der Waals surface area contributed by atoms with Crippen molar-refractivity contribution in [3.63, 3.8) is 0 Å². The van der Waals surface area contributed by atoms with Gasteiger partial charge >= 0.3 is 0 Å². The van der Waals surface area contributed by atoms with Crippen LogP contribution >= 0.6 is 11.8 Å². The van der Waals surface area contributed by atoms with Gasteiger partial charge in [0.2, 0.25) is 10.0 Å². The zero-order valence-electron chi connectivity index (χ0n) is 15.9. The zero-order valence-corrected chi connectivity index (χ0v) is 17.5. The molecule has 9 heteroatoms. The summed E-state index contributed by atoms with van der Waals surface area (Å²) in [5.41, 5.74) is 0. The van der Waals surface area contributed by atoms with Gasteiger partial charge in [0.15, 0.2) is 11.5 Å². The Morgan fingerprint density at radius 3 is 2.41 bits per heavy atom. The summed E-state index contributed by atoms with van der Waals surface area (Å²) in [4.78, 5) is 1.36. The van der Waals surface area contributed by atoms with Crippen LogP contribution in [0.2, 0.25) is 0 Å². The number of fused-ring (bicyclic) bond motifs is 1. The van der Waals surface area contributed by atoms with Gasteiger partial charge in [-0.2, -0.15) is 4.31 Å². The van der Waals surface area contributed by atoms with Gasteiger partial charge in [-0.05, 0) is 42.5 Å². The van der Waals surface area contributed by atoms with Gasteiger partial charge < -0.3 is 18.9 Å². The molecule has 2 aliphatic heterocycles. The molecule has 2 heterocycles. The molecule has 0 aliphatic carbocycles. The van der Waals surface area contributed by atoms with Crippen molar-refractivity contribution in [3.8, 4) is 17.2 Å². The second kappa shape index (κ2) is 9.25. The number of sulfonamides is 1. The van der Waals surface area contributed by atoms with E-state index in [4.69, 9.17) is 18.9 Å². The Bertz CT molecular complexity index is 926. The molecule has 7 nitrogen and oxygen atoms in total. The molecule has 4 rings (SSSR count). The summed E-state index contributed by atoms with van der Waals surface area (Å²) < 4.78 is 48.8. The van der Waals surface area contributed by atoms with E-state index in [9.17, 15) is 8.42 Å². The average molecular weight is 438 g/mol. The Balaban J connectivity index is 1.27. The summed E-state index contributed by atoms with van der Waals surface area (Å²) >= 11 is 1.66. The molecular weight excluding hydrogens is 414 g/mol. The quantitative estimate of drug-likeness (QED) is 0.487. The first-order valence-electron chi connectivity index (χ1n) is 9.46. The van der Waals surface area contributed by atoms with Gasteiger partial charge in [0.25, 0.3) is 0 Å². The normalized spacial score (nSPS) is 17.1. The van der Waals surface area contributed by atoms with Crippen LogP contribution in [0.15, 0.2) is 52.3 Å². The predicted molar refractivity (Wildman–Crippen MR) is 110 cm³/mol. The summed E-state index contributed by atoms with van der Waals surface area (Å²) in [7, 11) is -3.48. The fourth-order valence-electron chi connectivity index (χ4n) is 3.08. The van der Waals surface area contributed by atoms with Crippen LogP contribution < -0.4 is 14.2 Å². The Hall–Kier alpha value is -1.94. The third kappa shape index (κ3) is 4.98. The molecule has 1 fully saturated rings. The number of morpholine rings is 1. The first-order chi connectivity index (χ1) is 14.1. The summed E-state index contributed by atoms with van der Waals surface area (Å²) in [5.74, 6) is 2.96. The highest BCUT2D eigenvalue weighted by Gasteiger charge is 2.26. The molecule has 156 valence electrons. The number of thioether (sulfide) groups is 1. The van der Waals surface area contributed by atoms with Gasteiger partial charge in [-0.15, -0.1) is 11.8 Å². The van der Waals surface area contributed by atoms with E-state index in [-0.39, 0.29) is 4.90 Å². The van der Waals surface area contributed by atoms with E-state index in [1.807, 2.05) is 18.2 Å². The Labute approximate surface area is 174 Å². The maximum Gasteiger partial charge on any atom is 0.243 e. The molecular formula is C20H23NO6S2. The van der Waals surface area contributed by atoms with E-state index in [2.05, 4.69) is 0 Å². The molecule has 0 bridgehead atoms. The molecule has 0 amide bonds. The molecule has 0 radical (unpaired) electrons. The van der Waals surface area contributed by atoms with Gasteiger partial charge in [-0.3, -0.25) is 0 Å². The van der Waals surface area contributed by atoms with Crippen LogP contribution in [0.5, 0.6) is 17.2 Å². The number of ether oxygens (including phenoxy) is 4. The van der Waals surface area contributed by atoms with E-state index in [1.54, 1.807) is 36.0 Å². The van der Waals surface area contributed by atoms with Crippen molar-refractivity contribution in [1.82, 2.24) is 4.31 Å². The lowest BCUT2D eigenvalue weighted by Gasteiger charge is -2.26. The molecule has 0 unspecified atom stereocenters. The third-order valence-corrected chi connectivity index (χ3v) is 7.44. The minimum atomic E-state index is -3.48. The Morgan fingerprint density at radius 2 is 1.66 bits per heavy atom. The second-order valence-electron chi connectivity index (χ2n) is 6.49. The van der Waals surface area contributed by atoms with Crippen LogP contribution in [0.3, 0.4) is 0 Å². The smallest absolute Gasteiger partial charge is 0.243 e. The molecule has 2 aromatic rings. The van der Waals surface area contributed by atoms with Crippen molar-refractivity contribution in [1.29, 1.82) is 0 Å². The Morgan fingerprint density at radius 1 is 0.931 bits per heavy atom. The minimum absolute atomic E-state index is 0.275. The van der Waals surface area contributed by atoms with Crippen LogP contribution in [-0.4, -0.2) is 64.6 Å². The average Bonchev–Trinajstić information content (AvgIpc) is 2.77. The monoisotopic (exact) mass is 437 g/mol. The van der Waals surface area contributed by atoms with Gasteiger partial charge in [0.1, 0.15) is 19.0 Å². The van der Waals surface area contributed by atoms with Crippen LogP contribution in [0.25, 0.3) is 0 Å². The topological polar surface area (TPSA) is 74.3 Å². The number of hydrogen-bond donors (Lipinski definition) is 0. The van der Waals surface area contributed by atoms with Crippen molar-refractivity contribution >= 4 is 21.8 Å². The number of nitrogens with zero attached hydrogens (tertiary/aromatic N) is 1. The third-order valence-electron chi connectivity index (χ3n) is 4.57. The molecule has 29 heavy (non-hydrogen) atoms. The summed E-state index contributed by atoms with van der Waals surface area (Å²) in [6.07, 6.45) is 0. The molecule has 0 aromatic heterocycles. The Kier molecular flexibility index (Phi) is 6.49. The summed E-state index contributed by atoms with van der Waals surface area (Å²) in [5, 5.41) is 0. The second-order valence-corrected chi connectivity index (χ2v) is 9.60. The van der Waals surface area contributed by atoms with Crippen molar-refractivity contribution in [3.05, 3.63) is 42.5 Å². The summed E-state index contributed by atoms with van der Waals surface area (Å²) in [6, 6.07) is 12.5. The van der Waals surface area contributed by atoms with Crippen molar-refractivity contribution in [2.75, 3.05) is 51.9 Å². The van der Waals surface area contributed by atoms with Crippen molar-refractivity contribution < 1.29 is 27.4 Å². The van der Waals surface area contributed by atoms with Crippen LogP contribution in [-0.2, 0) is 14.8 Å². The number of benzene rings is 2. The molecule has 0 saturated carbocycles. The number of rotatable bonds is 7. The zero-order chi connectivity index (χ0) is 20.1. The molecule has 0 spiro atoms. The lowest BCUT2D eigenvalue weighted by atomic mass is 10.3. The van der Waals surface area contributed by atoms with Gasteiger partial charge in [0.05, 0.1) is 24.7 Å². The standard InChI is InChI=1S/C20H23NO6S2/c22-29(23,21-7-9-24-10-8-21)18-4-1-16(2-5-18)25-13-14-28-17-3-6-19-20(15-17)27-12-11-26-19/h1-6,15H,7-14H2. The molecule has 1 saturated heterocycles. The molecule has 0 atom stereocenters. The predicted octanol–water partition coefficient (Wildman–Crippen LogP) is 2.65.